The van der Waals surface area contributed by atoms with Crippen LogP contribution in [0, 0.1) is 11.3 Å². The second kappa shape index (κ2) is 6.47. The Kier molecular flexibility index (Phi) is 4.18. The molecule has 0 amide bonds. The Morgan fingerprint density at radius 3 is 2.81 bits per heavy atom. The Labute approximate surface area is 161 Å². The maximum absolute atomic E-state index is 6.05. The minimum Gasteiger partial charge on any atom is -0.377 e. The van der Waals surface area contributed by atoms with Crippen LogP contribution in [0.25, 0.3) is 0 Å². The summed E-state index contributed by atoms with van der Waals surface area (Å²) < 4.78 is 8.36. The minimum absolute atomic E-state index is 0.366. The molecule has 27 heavy (non-hydrogen) atoms. The number of nitrogens with zero attached hydrogens (tertiary/aromatic N) is 4. The molecule has 1 saturated heterocycles. The summed E-state index contributed by atoms with van der Waals surface area (Å²) in [6.45, 7) is 6.22. The average Bonchev–Trinajstić information content (AvgIpc) is 3.22. The van der Waals surface area contributed by atoms with Gasteiger partial charge >= 0.3 is 0 Å². The molecule has 4 aliphatic rings. The average molecular weight is 373 g/mol. The summed E-state index contributed by atoms with van der Waals surface area (Å²) in [5.41, 5.74) is 0.373. The summed E-state index contributed by atoms with van der Waals surface area (Å²) in [7, 11) is 1.89. The lowest BCUT2D eigenvalue weighted by Gasteiger charge is -2.63. The number of ether oxygens (including phenoxy) is 1. The van der Waals surface area contributed by atoms with Crippen molar-refractivity contribution in [2.75, 3.05) is 13.7 Å². The number of hydrogen-bond acceptors (Lipinski definition) is 4. The topological polar surface area (TPSA) is 76.4 Å². The summed E-state index contributed by atoms with van der Waals surface area (Å²) in [6, 6.07) is 0.885. The van der Waals surface area contributed by atoms with Crippen molar-refractivity contribution in [1.82, 2.24) is 25.4 Å². The Morgan fingerprint density at radius 1 is 1.26 bits per heavy atom. The first-order valence-corrected chi connectivity index (χ1v) is 10.7. The van der Waals surface area contributed by atoms with Gasteiger partial charge in [0.1, 0.15) is 11.6 Å². The van der Waals surface area contributed by atoms with Crippen LogP contribution in [0.5, 0.6) is 0 Å². The summed E-state index contributed by atoms with van der Waals surface area (Å²) >= 11 is 0. The van der Waals surface area contributed by atoms with E-state index in [4.69, 9.17) is 4.74 Å². The van der Waals surface area contributed by atoms with E-state index in [0.29, 0.717) is 35.4 Å². The number of aliphatic imine (C=N–C) groups is 1. The summed E-state index contributed by atoms with van der Waals surface area (Å²) in [5, 5.41) is 16.3. The summed E-state index contributed by atoms with van der Waals surface area (Å²) in [5.74, 6) is 4.22. The molecule has 3 heterocycles. The lowest BCUT2D eigenvalue weighted by Crippen LogP contribution is -2.72. The van der Waals surface area contributed by atoms with E-state index < -0.39 is 0 Å². The third kappa shape index (κ3) is 2.61. The summed E-state index contributed by atoms with van der Waals surface area (Å²) in [4.78, 5) is 4.56. The van der Waals surface area contributed by atoms with Crippen molar-refractivity contribution >= 4 is 5.96 Å². The molecular weight excluding hydrogens is 340 g/mol. The van der Waals surface area contributed by atoms with Gasteiger partial charge in [-0.05, 0) is 25.7 Å². The number of aryl methyl sites for hydroxylation is 1. The van der Waals surface area contributed by atoms with Gasteiger partial charge < -0.3 is 19.9 Å². The predicted octanol–water partition coefficient (Wildman–Crippen LogP) is 1.84. The van der Waals surface area contributed by atoms with E-state index in [1.54, 1.807) is 0 Å². The van der Waals surface area contributed by atoms with Crippen LogP contribution in [0.1, 0.15) is 63.5 Å². The number of rotatable bonds is 3. The van der Waals surface area contributed by atoms with Crippen molar-refractivity contribution in [3.05, 3.63) is 11.6 Å². The van der Waals surface area contributed by atoms with Crippen LogP contribution >= 0.6 is 0 Å². The van der Waals surface area contributed by atoms with Gasteiger partial charge in [-0.3, -0.25) is 4.99 Å². The molecule has 4 unspecified atom stereocenters. The van der Waals surface area contributed by atoms with Gasteiger partial charge in [0, 0.05) is 56.0 Å². The van der Waals surface area contributed by atoms with Crippen molar-refractivity contribution in [2.45, 2.75) is 83.0 Å². The molecule has 2 N–H and O–H groups in total. The Balaban J connectivity index is 1.26. The van der Waals surface area contributed by atoms with Gasteiger partial charge in [-0.15, -0.1) is 10.2 Å². The molecule has 1 spiro atoms. The fraction of sp³-hybridized carbons (Fsp3) is 0.850. The van der Waals surface area contributed by atoms with Gasteiger partial charge in [-0.25, -0.2) is 0 Å². The van der Waals surface area contributed by atoms with Crippen LogP contribution in [0.15, 0.2) is 4.99 Å². The smallest absolute Gasteiger partial charge is 0.191 e. The molecule has 2 aliphatic carbocycles. The molecule has 7 heteroatoms. The van der Waals surface area contributed by atoms with E-state index >= 15 is 0 Å². The lowest BCUT2D eigenvalue weighted by molar-refractivity contribution is -0.171. The maximum atomic E-state index is 6.05. The lowest BCUT2D eigenvalue weighted by atomic mass is 9.46. The van der Waals surface area contributed by atoms with Crippen LogP contribution in [0.2, 0.25) is 0 Å². The van der Waals surface area contributed by atoms with Crippen molar-refractivity contribution in [1.29, 1.82) is 0 Å². The fourth-order valence-electron chi connectivity index (χ4n) is 5.86. The molecule has 5 rings (SSSR count). The van der Waals surface area contributed by atoms with Crippen LogP contribution in [0.3, 0.4) is 0 Å². The third-order valence-corrected chi connectivity index (χ3v) is 7.38. The highest BCUT2D eigenvalue weighted by Crippen LogP contribution is 2.62. The zero-order valence-electron chi connectivity index (χ0n) is 16.7. The predicted molar refractivity (Wildman–Crippen MR) is 104 cm³/mol. The van der Waals surface area contributed by atoms with Gasteiger partial charge in [-0.2, -0.15) is 0 Å². The highest BCUT2D eigenvalue weighted by atomic mass is 16.5. The highest BCUT2D eigenvalue weighted by molar-refractivity contribution is 5.80. The van der Waals surface area contributed by atoms with Crippen molar-refractivity contribution in [2.24, 2.45) is 16.3 Å². The number of aromatic nitrogens is 3. The molecule has 2 saturated carbocycles. The normalized spacial score (nSPS) is 34.0. The van der Waals surface area contributed by atoms with E-state index in [1.165, 1.54) is 25.7 Å². The maximum Gasteiger partial charge on any atom is 0.191 e. The molecule has 4 atom stereocenters. The van der Waals surface area contributed by atoms with Crippen molar-refractivity contribution in [3.63, 3.8) is 0 Å². The highest BCUT2D eigenvalue weighted by Gasteiger charge is 2.66. The molecule has 0 aromatic carbocycles. The van der Waals surface area contributed by atoms with Crippen molar-refractivity contribution in [3.8, 4) is 0 Å². The molecule has 1 aromatic rings. The van der Waals surface area contributed by atoms with E-state index in [0.717, 1.165) is 43.6 Å². The largest absolute Gasteiger partial charge is 0.377 e. The minimum atomic E-state index is 0.366. The molecular formula is C20H32N6O. The standard InChI is InChI=1S/C20H32N6O/c1-12(2)18-25-24-15-6-5-13(11-26(15)18)22-19(21-3)23-16-14-7-10-27-17(14)20(16)8-4-9-20/h12-14,16-17H,4-11H2,1-3H3,(H2,21,22,23). The van der Waals surface area contributed by atoms with Crippen LogP contribution in [-0.2, 0) is 17.7 Å². The number of hydrogen-bond donors (Lipinski definition) is 2. The zero-order chi connectivity index (χ0) is 18.6. The van der Waals surface area contributed by atoms with E-state index in [9.17, 15) is 0 Å². The molecule has 148 valence electrons. The number of guanidine groups is 1. The molecule has 2 aliphatic heterocycles. The quantitative estimate of drug-likeness (QED) is 0.625. The van der Waals surface area contributed by atoms with Crippen LogP contribution in [-0.4, -0.2) is 52.6 Å². The second-order valence-corrected chi connectivity index (χ2v) is 9.14. The Hall–Kier alpha value is -1.63. The number of fused-ring (bicyclic) bond motifs is 3. The van der Waals surface area contributed by atoms with Gasteiger partial charge in [-0.1, -0.05) is 20.3 Å². The first kappa shape index (κ1) is 17.5. The fourth-order valence-corrected chi connectivity index (χ4v) is 5.86. The van der Waals surface area contributed by atoms with Crippen LogP contribution < -0.4 is 10.6 Å². The molecule has 0 radical (unpaired) electrons. The Bertz CT molecular complexity index is 737. The summed E-state index contributed by atoms with van der Waals surface area (Å²) in [6.07, 6.45) is 7.66. The first-order chi connectivity index (χ1) is 13.1. The van der Waals surface area contributed by atoms with Gasteiger partial charge in [0.2, 0.25) is 0 Å². The zero-order valence-corrected chi connectivity index (χ0v) is 16.7. The number of nitrogens with one attached hydrogen (secondary N) is 2. The third-order valence-electron chi connectivity index (χ3n) is 7.38. The monoisotopic (exact) mass is 372 g/mol. The van der Waals surface area contributed by atoms with Crippen LogP contribution in [0.4, 0.5) is 0 Å². The molecule has 0 bridgehead atoms. The molecule has 1 aromatic heterocycles. The van der Waals surface area contributed by atoms with E-state index in [-0.39, 0.29) is 0 Å². The van der Waals surface area contributed by atoms with Crippen molar-refractivity contribution < 1.29 is 4.74 Å². The van der Waals surface area contributed by atoms with Gasteiger partial charge in [0.05, 0.1) is 6.10 Å². The Morgan fingerprint density at radius 2 is 2.11 bits per heavy atom. The molecule has 3 fully saturated rings. The SMILES string of the molecule is CN=C(NC1CCc2nnc(C(C)C)n2C1)NC1C2CCOC2C12CCC2. The van der Waals surface area contributed by atoms with E-state index in [2.05, 4.69) is 44.2 Å². The second-order valence-electron chi connectivity index (χ2n) is 9.14. The molecule has 7 nitrogen and oxygen atoms in total. The first-order valence-electron chi connectivity index (χ1n) is 10.7. The van der Waals surface area contributed by atoms with Gasteiger partial charge in [0.15, 0.2) is 5.96 Å². The van der Waals surface area contributed by atoms with E-state index in [1.807, 2.05) is 7.05 Å². The van der Waals surface area contributed by atoms with Gasteiger partial charge in [0.25, 0.3) is 0 Å².